The van der Waals surface area contributed by atoms with Gasteiger partial charge in [-0.1, -0.05) is 13.0 Å². The molecule has 0 radical (unpaired) electrons. The van der Waals surface area contributed by atoms with E-state index in [2.05, 4.69) is 42.4 Å². The van der Waals surface area contributed by atoms with Gasteiger partial charge >= 0.3 is 0 Å². The van der Waals surface area contributed by atoms with Crippen molar-refractivity contribution in [3.8, 4) is 0 Å². The van der Waals surface area contributed by atoms with Crippen LogP contribution in [0.2, 0.25) is 0 Å². The third-order valence-corrected chi connectivity index (χ3v) is 2.36. The molecule has 0 amide bonds. The molecule has 0 aromatic heterocycles. The Balaban J connectivity index is 2.21. The van der Waals surface area contributed by atoms with Crippen molar-refractivity contribution in [3.05, 3.63) is 23.9 Å². The van der Waals surface area contributed by atoms with Crippen molar-refractivity contribution >= 4 is 5.71 Å². The second kappa shape index (κ2) is 2.77. The fourth-order valence-corrected chi connectivity index (χ4v) is 1.69. The van der Waals surface area contributed by atoms with Gasteiger partial charge in [0.1, 0.15) is 0 Å². The highest BCUT2D eigenvalue weighted by Gasteiger charge is 2.24. The zero-order chi connectivity index (χ0) is 8.55. The van der Waals surface area contributed by atoms with Gasteiger partial charge in [0.2, 0.25) is 0 Å². The average Bonchev–Trinajstić information content (AvgIpc) is 2.43. The van der Waals surface area contributed by atoms with Crippen LogP contribution in [0.1, 0.15) is 20.3 Å². The average molecular weight is 162 g/mol. The Morgan fingerprint density at radius 3 is 3.17 bits per heavy atom. The van der Waals surface area contributed by atoms with Crippen molar-refractivity contribution in [2.75, 3.05) is 0 Å². The minimum atomic E-state index is 0.352. The summed E-state index contributed by atoms with van der Waals surface area (Å²) in [6.07, 6.45) is 7.57. The highest BCUT2D eigenvalue weighted by atomic mass is 15.0. The number of nitrogens with zero attached hydrogens (tertiary/aromatic N) is 1. The van der Waals surface area contributed by atoms with E-state index < -0.39 is 0 Å². The molecule has 0 aromatic rings. The zero-order valence-corrected chi connectivity index (χ0v) is 7.54. The summed E-state index contributed by atoms with van der Waals surface area (Å²) in [6, 6.07) is 0.769. The molecule has 0 fully saturated rings. The number of dihydropyridines is 1. The van der Waals surface area contributed by atoms with Crippen LogP contribution in [0.3, 0.4) is 0 Å². The van der Waals surface area contributed by atoms with Gasteiger partial charge in [0.15, 0.2) is 0 Å². The smallest absolute Gasteiger partial charge is 0.0939 e. The van der Waals surface area contributed by atoms with Crippen molar-refractivity contribution < 1.29 is 0 Å². The highest BCUT2D eigenvalue weighted by Crippen LogP contribution is 2.18. The van der Waals surface area contributed by atoms with Gasteiger partial charge in [-0.3, -0.25) is 4.99 Å². The number of hydrogen-bond acceptors (Lipinski definition) is 2. The van der Waals surface area contributed by atoms with Crippen LogP contribution in [0.25, 0.3) is 0 Å². The molecule has 2 aliphatic heterocycles. The van der Waals surface area contributed by atoms with Gasteiger partial charge in [0.25, 0.3) is 0 Å². The molecule has 1 N–H and O–H groups in total. The number of aliphatic imine (C=N–C) groups is 1. The summed E-state index contributed by atoms with van der Waals surface area (Å²) in [5, 5.41) is 3.37. The Morgan fingerprint density at radius 2 is 2.42 bits per heavy atom. The topological polar surface area (TPSA) is 24.4 Å². The third-order valence-electron chi connectivity index (χ3n) is 2.36. The second-order valence-corrected chi connectivity index (χ2v) is 3.34. The molecule has 0 spiro atoms. The van der Waals surface area contributed by atoms with Crippen LogP contribution in [0.5, 0.6) is 0 Å². The van der Waals surface area contributed by atoms with E-state index in [1.54, 1.807) is 0 Å². The van der Waals surface area contributed by atoms with Crippen LogP contribution in [-0.4, -0.2) is 17.8 Å². The third kappa shape index (κ3) is 1.17. The summed E-state index contributed by atoms with van der Waals surface area (Å²) in [5.74, 6) is 0. The first kappa shape index (κ1) is 7.59. The molecule has 2 heteroatoms. The fourth-order valence-electron chi connectivity index (χ4n) is 1.69. The summed E-state index contributed by atoms with van der Waals surface area (Å²) in [5.41, 5.74) is 2.46. The van der Waals surface area contributed by atoms with E-state index in [9.17, 15) is 0 Å². The molecule has 12 heavy (non-hydrogen) atoms. The van der Waals surface area contributed by atoms with Gasteiger partial charge in [0.05, 0.1) is 12.1 Å². The zero-order valence-electron chi connectivity index (χ0n) is 7.54. The number of rotatable bonds is 1. The van der Waals surface area contributed by atoms with Crippen LogP contribution in [0.4, 0.5) is 0 Å². The van der Waals surface area contributed by atoms with Crippen LogP contribution in [0, 0.1) is 0 Å². The number of fused-ring (bicyclic) bond motifs is 1. The maximum atomic E-state index is 4.60. The maximum absolute atomic E-state index is 4.60. The van der Waals surface area contributed by atoms with Crippen molar-refractivity contribution in [2.45, 2.75) is 32.4 Å². The molecular formula is C10H14N2. The first-order valence-electron chi connectivity index (χ1n) is 4.49. The summed E-state index contributed by atoms with van der Waals surface area (Å²) in [4.78, 5) is 4.60. The van der Waals surface area contributed by atoms with Crippen molar-refractivity contribution in [1.82, 2.24) is 5.32 Å². The van der Waals surface area contributed by atoms with Crippen LogP contribution in [-0.2, 0) is 0 Å². The Morgan fingerprint density at radius 1 is 1.58 bits per heavy atom. The Bertz CT molecular complexity index is 274. The molecule has 0 bridgehead atoms. The minimum Gasteiger partial charge on any atom is -0.380 e. The van der Waals surface area contributed by atoms with Crippen LogP contribution < -0.4 is 5.32 Å². The normalized spacial score (nSPS) is 32.2. The van der Waals surface area contributed by atoms with Gasteiger partial charge in [-0.2, -0.15) is 0 Å². The lowest BCUT2D eigenvalue weighted by Crippen LogP contribution is -2.31. The van der Waals surface area contributed by atoms with E-state index in [4.69, 9.17) is 0 Å². The molecule has 0 aliphatic carbocycles. The van der Waals surface area contributed by atoms with E-state index in [1.807, 2.05) is 0 Å². The summed E-state index contributed by atoms with van der Waals surface area (Å²) in [6.45, 7) is 4.23. The van der Waals surface area contributed by atoms with Gasteiger partial charge in [-0.15, -0.1) is 0 Å². The van der Waals surface area contributed by atoms with E-state index >= 15 is 0 Å². The SMILES string of the molecule is CCC1=NC2C=C(C)NC2C=C1. The quantitative estimate of drug-likeness (QED) is 0.623. The monoisotopic (exact) mass is 162 g/mol. The van der Waals surface area contributed by atoms with Crippen LogP contribution >= 0.6 is 0 Å². The molecule has 0 aromatic carbocycles. The van der Waals surface area contributed by atoms with Crippen molar-refractivity contribution in [2.24, 2.45) is 4.99 Å². The van der Waals surface area contributed by atoms with E-state index in [0.29, 0.717) is 12.1 Å². The van der Waals surface area contributed by atoms with Crippen molar-refractivity contribution in [1.29, 1.82) is 0 Å². The van der Waals surface area contributed by atoms with E-state index in [0.717, 1.165) is 6.42 Å². The second-order valence-electron chi connectivity index (χ2n) is 3.34. The Kier molecular flexibility index (Phi) is 1.75. The molecule has 2 heterocycles. The molecule has 0 saturated carbocycles. The lowest BCUT2D eigenvalue weighted by Gasteiger charge is -2.17. The number of allylic oxidation sites excluding steroid dienone is 2. The predicted octanol–water partition coefficient (Wildman–Crippen LogP) is 1.65. The molecule has 64 valence electrons. The van der Waals surface area contributed by atoms with E-state index in [-0.39, 0.29) is 0 Å². The maximum Gasteiger partial charge on any atom is 0.0939 e. The van der Waals surface area contributed by atoms with Gasteiger partial charge in [0, 0.05) is 11.4 Å². The van der Waals surface area contributed by atoms with Crippen molar-refractivity contribution in [3.63, 3.8) is 0 Å². The molecule has 0 saturated heterocycles. The molecular weight excluding hydrogens is 148 g/mol. The molecule has 2 atom stereocenters. The van der Waals surface area contributed by atoms with Gasteiger partial charge in [-0.05, 0) is 25.5 Å². The first-order valence-corrected chi connectivity index (χ1v) is 4.49. The largest absolute Gasteiger partial charge is 0.380 e. The highest BCUT2D eigenvalue weighted by molar-refractivity contribution is 5.95. The summed E-state index contributed by atoms with van der Waals surface area (Å²) < 4.78 is 0. The van der Waals surface area contributed by atoms with Gasteiger partial charge in [-0.25, -0.2) is 0 Å². The Labute approximate surface area is 73.1 Å². The van der Waals surface area contributed by atoms with Crippen LogP contribution in [0.15, 0.2) is 28.9 Å². The Hall–Kier alpha value is -1.05. The molecule has 2 nitrogen and oxygen atoms in total. The standard InChI is InChI=1S/C10H14N2/c1-3-8-4-5-9-10(12-8)6-7(2)11-9/h4-6,9-11H,3H2,1-2H3. The number of nitrogens with one attached hydrogen (secondary N) is 1. The molecule has 2 unspecified atom stereocenters. The lowest BCUT2D eigenvalue weighted by molar-refractivity contribution is 0.651. The number of hydrogen-bond donors (Lipinski definition) is 1. The first-order chi connectivity index (χ1) is 5.79. The predicted molar refractivity (Wildman–Crippen MR) is 51.3 cm³/mol. The minimum absolute atomic E-state index is 0.352. The molecule has 2 aliphatic rings. The van der Waals surface area contributed by atoms with E-state index in [1.165, 1.54) is 11.4 Å². The van der Waals surface area contributed by atoms with Gasteiger partial charge < -0.3 is 5.32 Å². The summed E-state index contributed by atoms with van der Waals surface area (Å²) >= 11 is 0. The fraction of sp³-hybridized carbons (Fsp3) is 0.500. The summed E-state index contributed by atoms with van der Waals surface area (Å²) in [7, 11) is 0. The molecule has 2 rings (SSSR count). The lowest BCUT2D eigenvalue weighted by atomic mass is 10.1.